The van der Waals surface area contributed by atoms with Crippen LogP contribution < -0.4 is 5.73 Å². The molecule has 0 bridgehead atoms. The van der Waals surface area contributed by atoms with Crippen LogP contribution in [-0.2, 0) is 9.53 Å². The highest BCUT2D eigenvalue weighted by atomic mass is 16.5. The van der Waals surface area contributed by atoms with E-state index in [-0.39, 0.29) is 11.9 Å². The van der Waals surface area contributed by atoms with E-state index in [1.807, 2.05) is 4.90 Å². The van der Waals surface area contributed by atoms with Crippen molar-refractivity contribution in [1.82, 2.24) is 9.80 Å². The number of likely N-dealkylation sites (tertiary alicyclic amines) is 1. The van der Waals surface area contributed by atoms with Gasteiger partial charge in [-0.05, 0) is 25.7 Å². The van der Waals surface area contributed by atoms with Gasteiger partial charge in [-0.25, -0.2) is 0 Å². The minimum Gasteiger partial charge on any atom is -0.383 e. The lowest BCUT2D eigenvalue weighted by molar-refractivity contribution is -0.131. The molecule has 0 radical (unpaired) electrons. The second-order valence-electron chi connectivity index (χ2n) is 5.64. The van der Waals surface area contributed by atoms with Gasteiger partial charge in [-0.3, -0.25) is 9.69 Å². The van der Waals surface area contributed by atoms with Crippen LogP contribution in [0.4, 0.5) is 0 Å². The summed E-state index contributed by atoms with van der Waals surface area (Å²) in [5.74, 6) is 0.274. The minimum atomic E-state index is 0.177. The average molecular weight is 269 g/mol. The molecule has 0 spiro atoms. The van der Waals surface area contributed by atoms with Crippen molar-refractivity contribution in [3.05, 3.63) is 0 Å². The number of carbonyl (C=O) groups is 1. The molecule has 1 aliphatic carbocycles. The Morgan fingerprint density at radius 3 is 2.63 bits per heavy atom. The first kappa shape index (κ1) is 14.8. The number of methoxy groups -OCH3 is 1. The van der Waals surface area contributed by atoms with Gasteiger partial charge in [-0.2, -0.15) is 0 Å². The van der Waals surface area contributed by atoms with Gasteiger partial charge in [0.2, 0.25) is 5.91 Å². The fraction of sp³-hybridized carbons (Fsp3) is 0.929. The highest BCUT2D eigenvalue weighted by Crippen LogP contribution is 2.29. The summed E-state index contributed by atoms with van der Waals surface area (Å²) in [7, 11) is 1.72. The zero-order valence-electron chi connectivity index (χ0n) is 12.0. The zero-order valence-corrected chi connectivity index (χ0v) is 12.0. The summed E-state index contributed by atoms with van der Waals surface area (Å²) in [5, 5.41) is 0. The maximum atomic E-state index is 12.2. The summed E-state index contributed by atoms with van der Waals surface area (Å²) in [6.07, 6.45) is 5.33. The molecule has 1 unspecified atom stereocenters. The molecule has 1 atom stereocenters. The van der Waals surface area contributed by atoms with Crippen LogP contribution in [0.3, 0.4) is 0 Å². The third kappa shape index (κ3) is 4.16. The Morgan fingerprint density at radius 2 is 2.11 bits per heavy atom. The van der Waals surface area contributed by atoms with Crippen molar-refractivity contribution in [2.45, 2.75) is 44.2 Å². The van der Waals surface area contributed by atoms with E-state index >= 15 is 0 Å². The van der Waals surface area contributed by atoms with Gasteiger partial charge >= 0.3 is 0 Å². The molecule has 2 fully saturated rings. The first-order valence-corrected chi connectivity index (χ1v) is 7.48. The second-order valence-corrected chi connectivity index (χ2v) is 5.64. The Bertz CT molecular complexity index is 288. The second kappa shape index (κ2) is 7.22. The maximum Gasteiger partial charge on any atom is 0.224 e. The van der Waals surface area contributed by atoms with E-state index in [0.29, 0.717) is 25.6 Å². The normalized spacial score (nSPS) is 21.1. The van der Waals surface area contributed by atoms with E-state index in [9.17, 15) is 4.79 Å². The number of rotatable bonds is 8. The largest absolute Gasteiger partial charge is 0.383 e. The number of carbonyl (C=O) groups excluding carboxylic acids is 1. The van der Waals surface area contributed by atoms with Gasteiger partial charge in [0, 0.05) is 51.8 Å². The van der Waals surface area contributed by atoms with E-state index in [1.165, 1.54) is 12.8 Å². The quantitative estimate of drug-likeness (QED) is 0.694. The monoisotopic (exact) mass is 269 g/mol. The molecule has 0 aromatic rings. The van der Waals surface area contributed by atoms with Crippen LogP contribution >= 0.6 is 0 Å². The van der Waals surface area contributed by atoms with Gasteiger partial charge in [0.05, 0.1) is 6.61 Å². The molecule has 5 nitrogen and oxygen atoms in total. The van der Waals surface area contributed by atoms with Crippen molar-refractivity contribution < 1.29 is 9.53 Å². The summed E-state index contributed by atoms with van der Waals surface area (Å²) in [6, 6.07) is 0.797. The molecule has 1 saturated heterocycles. The maximum absolute atomic E-state index is 12.2. The van der Waals surface area contributed by atoms with Crippen molar-refractivity contribution in [3.8, 4) is 0 Å². The topological polar surface area (TPSA) is 58.8 Å². The molecule has 5 heteroatoms. The van der Waals surface area contributed by atoms with E-state index in [0.717, 1.165) is 32.5 Å². The molecule has 19 heavy (non-hydrogen) atoms. The van der Waals surface area contributed by atoms with Gasteiger partial charge in [0.15, 0.2) is 0 Å². The van der Waals surface area contributed by atoms with E-state index in [2.05, 4.69) is 4.90 Å². The lowest BCUT2D eigenvalue weighted by atomic mass is 10.1. The molecule has 0 aromatic carbocycles. The third-order valence-corrected chi connectivity index (χ3v) is 4.18. The third-order valence-electron chi connectivity index (χ3n) is 4.18. The first-order valence-electron chi connectivity index (χ1n) is 7.48. The van der Waals surface area contributed by atoms with Crippen LogP contribution in [-0.4, -0.2) is 67.7 Å². The summed E-state index contributed by atoms with van der Waals surface area (Å²) in [5.41, 5.74) is 5.90. The average Bonchev–Trinajstić information content (AvgIpc) is 3.10. The van der Waals surface area contributed by atoms with Gasteiger partial charge in [0.25, 0.3) is 0 Å². The van der Waals surface area contributed by atoms with Crippen LogP contribution in [0.1, 0.15) is 32.1 Å². The predicted molar refractivity (Wildman–Crippen MR) is 74.9 cm³/mol. The molecule has 2 rings (SSSR count). The molecule has 1 heterocycles. The predicted octanol–water partition coefficient (Wildman–Crippen LogP) is 0.437. The smallest absolute Gasteiger partial charge is 0.224 e. The first-order chi connectivity index (χ1) is 9.26. The number of ether oxygens (including phenoxy) is 1. The lowest BCUT2D eigenvalue weighted by Crippen LogP contribution is -2.46. The molecule has 2 N–H and O–H groups in total. The highest BCUT2D eigenvalue weighted by molar-refractivity contribution is 5.77. The van der Waals surface area contributed by atoms with Gasteiger partial charge in [0.1, 0.15) is 0 Å². The van der Waals surface area contributed by atoms with Gasteiger partial charge < -0.3 is 15.4 Å². The van der Waals surface area contributed by atoms with Crippen molar-refractivity contribution in [1.29, 1.82) is 0 Å². The van der Waals surface area contributed by atoms with Crippen molar-refractivity contribution in [2.24, 2.45) is 5.73 Å². The molecule has 1 saturated carbocycles. The number of hydrogen-bond acceptors (Lipinski definition) is 4. The van der Waals surface area contributed by atoms with Crippen LogP contribution in [0.15, 0.2) is 0 Å². The lowest BCUT2D eigenvalue weighted by Gasteiger charge is -2.31. The van der Waals surface area contributed by atoms with E-state index < -0.39 is 0 Å². The van der Waals surface area contributed by atoms with Gasteiger partial charge in [-0.15, -0.1) is 0 Å². The Kier molecular flexibility index (Phi) is 5.60. The Balaban J connectivity index is 1.87. The number of amides is 1. The summed E-state index contributed by atoms with van der Waals surface area (Å²) < 4.78 is 5.17. The number of nitrogens with zero attached hydrogens (tertiary/aromatic N) is 2. The summed E-state index contributed by atoms with van der Waals surface area (Å²) >= 11 is 0. The molecule has 110 valence electrons. The van der Waals surface area contributed by atoms with Crippen LogP contribution in [0.25, 0.3) is 0 Å². The van der Waals surface area contributed by atoms with Crippen LogP contribution in [0, 0.1) is 0 Å². The summed E-state index contributed by atoms with van der Waals surface area (Å²) in [4.78, 5) is 16.6. The molecule has 2 aliphatic rings. The van der Waals surface area contributed by atoms with Crippen molar-refractivity contribution in [2.75, 3.05) is 39.9 Å². The fourth-order valence-electron chi connectivity index (χ4n) is 2.90. The van der Waals surface area contributed by atoms with Gasteiger partial charge in [-0.1, -0.05) is 0 Å². The number of nitrogens with two attached hydrogens (primary N) is 1. The Morgan fingerprint density at radius 1 is 1.42 bits per heavy atom. The molecule has 1 aliphatic heterocycles. The minimum absolute atomic E-state index is 0.177. The van der Waals surface area contributed by atoms with Crippen molar-refractivity contribution in [3.63, 3.8) is 0 Å². The highest BCUT2D eigenvalue weighted by Gasteiger charge is 2.34. The van der Waals surface area contributed by atoms with E-state index in [1.54, 1.807) is 7.11 Å². The Hall–Kier alpha value is -0.650. The van der Waals surface area contributed by atoms with Crippen molar-refractivity contribution >= 4 is 5.91 Å². The zero-order chi connectivity index (χ0) is 13.7. The molecular weight excluding hydrogens is 242 g/mol. The SMILES string of the molecule is COCCN(C1CC1)C(CN)CC(=O)N1CCCC1. The Labute approximate surface area is 116 Å². The fourth-order valence-corrected chi connectivity index (χ4v) is 2.90. The molecule has 0 aromatic heterocycles. The van der Waals surface area contributed by atoms with Crippen LogP contribution in [0.5, 0.6) is 0 Å². The van der Waals surface area contributed by atoms with E-state index in [4.69, 9.17) is 10.5 Å². The number of hydrogen-bond donors (Lipinski definition) is 1. The van der Waals surface area contributed by atoms with Crippen LogP contribution in [0.2, 0.25) is 0 Å². The standard InChI is InChI=1S/C14H27N3O2/c1-19-9-8-17(12-4-5-12)13(11-15)10-14(18)16-6-2-3-7-16/h12-13H,2-11,15H2,1H3. The summed E-state index contributed by atoms with van der Waals surface area (Å²) in [6.45, 7) is 4.01. The molecular formula is C14H27N3O2. The molecule has 1 amide bonds.